The van der Waals surface area contributed by atoms with Gasteiger partial charge in [0.2, 0.25) is 0 Å². The quantitative estimate of drug-likeness (QED) is 0.690. The minimum Gasteiger partial charge on any atom is -0.308 e. The monoisotopic (exact) mass is 352 g/mol. The zero-order valence-corrected chi connectivity index (χ0v) is 14.7. The van der Waals surface area contributed by atoms with Crippen molar-refractivity contribution < 1.29 is 9.18 Å². The molecule has 26 heavy (non-hydrogen) atoms. The summed E-state index contributed by atoms with van der Waals surface area (Å²) in [6, 6.07) is 17.0. The number of amides is 2. The maximum atomic E-state index is 13.0. The highest BCUT2D eigenvalue weighted by Crippen LogP contribution is 2.20. The second-order valence-corrected chi connectivity index (χ2v) is 6.34. The fourth-order valence-electron chi connectivity index (χ4n) is 2.51. The van der Waals surface area contributed by atoms with Gasteiger partial charge >= 0.3 is 6.03 Å². The molecule has 0 aliphatic rings. The van der Waals surface area contributed by atoms with Crippen molar-refractivity contribution in [2.75, 3.05) is 10.6 Å². The lowest BCUT2D eigenvalue weighted by molar-refractivity contribution is 0.262. The molecule has 6 heteroatoms. The van der Waals surface area contributed by atoms with Crippen molar-refractivity contribution in [2.45, 2.75) is 26.3 Å². The molecule has 0 spiro atoms. The van der Waals surface area contributed by atoms with Gasteiger partial charge in [0, 0.05) is 11.8 Å². The lowest BCUT2D eigenvalue weighted by atomic mass is 10.1. The Kier molecular flexibility index (Phi) is 5.31. The highest BCUT2D eigenvalue weighted by molar-refractivity contribution is 5.99. The minimum absolute atomic E-state index is 0.243. The zero-order valence-electron chi connectivity index (χ0n) is 14.7. The maximum Gasteiger partial charge on any atom is 0.324 e. The first-order valence-electron chi connectivity index (χ1n) is 8.46. The van der Waals surface area contributed by atoms with Crippen LogP contribution in [0.2, 0.25) is 0 Å². The molecule has 0 bridgehead atoms. The summed E-state index contributed by atoms with van der Waals surface area (Å²) in [6.07, 6.45) is 0. The van der Waals surface area contributed by atoms with Crippen molar-refractivity contribution in [1.29, 1.82) is 0 Å². The van der Waals surface area contributed by atoms with Gasteiger partial charge in [0.25, 0.3) is 0 Å². The lowest BCUT2D eigenvalue weighted by Gasteiger charge is -2.10. The molecule has 3 rings (SSSR count). The number of halogens is 1. The van der Waals surface area contributed by atoms with Crippen LogP contribution in [0.25, 0.3) is 0 Å². The van der Waals surface area contributed by atoms with Crippen molar-refractivity contribution in [3.63, 3.8) is 0 Å². The molecule has 2 aromatic carbocycles. The molecule has 2 amide bonds. The van der Waals surface area contributed by atoms with Gasteiger partial charge in [-0.1, -0.05) is 44.2 Å². The van der Waals surface area contributed by atoms with E-state index in [0.29, 0.717) is 18.1 Å². The third-order valence-electron chi connectivity index (χ3n) is 3.91. The van der Waals surface area contributed by atoms with Gasteiger partial charge in [0.1, 0.15) is 11.6 Å². The molecule has 0 fully saturated rings. The zero-order chi connectivity index (χ0) is 18.5. The van der Waals surface area contributed by atoms with Crippen LogP contribution in [0.4, 0.5) is 20.7 Å². The molecule has 0 saturated carbocycles. The molecule has 0 radical (unpaired) electrons. The van der Waals surface area contributed by atoms with Crippen LogP contribution < -0.4 is 10.6 Å². The van der Waals surface area contributed by atoms with Gasteiger partial charge < -0.3 is 5.32 Å². The Morgan fingerprint density at radius 2 is 1.77 bits per heavy atom. The van der Waals surface area contributed by atoms with Crippen LogP contribution >= 0.6 is 0 Å². The summed E-state index contributed by atoms with van der Waals surface area (Å²) in [6.45, 7) is 4.66. The molecule has 0 unspecified atom stereocenters. The molecule has 0 atom stereocenters. The van der Waals surface area contributed by atoms with Crippen LogP contribution in [0, 0.1) is 5.82 Å². The van der Waals surface area contributed by atoms with E-state index in [1.54, 1.807) is 4.68 Å². The Balaban J connectivity index is 1.76. The number of hydrogen-bond acceptors (Lipinski definition) is 2. The summed E-state index contributed by atoms with van der Waals surface area (Å²) in [5.41, 5.74) is 2.51. The maximum absolute atomic E-state index is 13.0. The first kappa shape index (κ1) is 17.7. The van der Waals surface area contributed by atoms with Crippen molar-refractivity contribution in [1.82, 2.24) is 9.78 Å². The van der Waals surface area contributed by atoms with Crippen molar-refractivity contribution in [3.05, 3.63) is 77.7 Å². The largest absolute Gasteiger partial charge is 0.324 e. The third kappa shape index (κ3) is 4.47. The van der Waals surface area contributed by atoms with E-state index >= 15 is 0 Å². The Bertz CT molecular complexity index is 873. The fourth-order valence-corrected chi connectivity index (χ4v) is 2.51. The van der Waals surface area contributed by atoms with Gasteiger partial charge in [-0.2, -0.15) is 5.10 Å². The molecule has 0 saturated heterocycles. The molecular weight excluding hydrogens is 331 g/mol. The van der Waals surface area contributed by atoms with E-state index in [2.05, 4.69) is 29.6 Å². The van der Waals surface area contributed by atoms with Crippen LogP contribution in [-0.2, 0) is 6.54 Å². The highest BCUT2D eigenvalue weighted by Gasteiger charge is 2.13. The van der Waals surface area contributed by atoms with Crippen LogP contribution in [0.5, 0.6) is 0 Å². The predicted octanol–water partition coefficient (Wildman–Crippen LogP) is 4.84. The van der Waals surface area contributed by atoms with Crippen LogP contribution in [-0.4, -0.2) is 15.8 Å². The van der Waals surface area contributed by atoms with E-state index in [1.807, 2.05) is 36.4 Å². The van der Waals surface area contributed by atoms with Gasteiger partial charge in [-0.3, -0.25) is 5.32 Å². The summed E-state index contributed by atoms with van der Waals surface area (Å²) >= 11 is 0. The topological polar surface area (TPSA) is 59.0 Å². The third-order valence-corrected chi connectivity index (χ3v) is 3.91. The second-order valence-electron chi connectivity index (χ2n) is 6.34. The van der Waals surface area contributed by atoms with Crippen molar-refractivity contribution in [2.24, 2.45) is 0 Å². The number of benzene rings is 2. The highest BCUT2D eigenvalue weighted by atomic mass is 19.1. The van der Waals surface area contributed by atoms with E-state index in [-0.39, 0.29) is 11.7 Å². The summed E-state index contributed by atoms with van der Waals surface area (Å²) in [7, 11) is 0. The molecule has 134 valence electrons. The molecule has 1 aromatic heterocycles. The number of anilines is 2. The van der Waals surface area contributed by atoms with Gasteiger partial charge in [-0.15, -0.1) is 0 Å². The van der Waals surface area contributed by atoms with Crippen LogP contribution in [0.3, 0.4) is 0 Å². The average Bonchev–Trinajstić information content (AvgIpc) is 3.00. The summed E-state index contributed by atoms with van der Waals surface area (Å²) in [4.78, 5) is 12.3. The van der Waals surface area contributed by atoms with E-state index in [0.717, 1.165) is 11.3 Å². The van der Waals surface area contributed by atoms with Gasteiger partial charge in [-0.05, 0) is 35.7 Å². The van der Waals surface area contributed by atoms with Gasteiger partial charge in [0.15, 0.2) is 0 Å². The first-order chi connectivity index (χ1) is 12.5. The van der Waals surface area contributed by atoms with Gasteiger partial charge in [-0.25, -0.2) is 13.9 Å². The molecule has 3 aromatic rings. The predicted molar refractivity (Wildman–Crippen MR) is 101 cm³/mol. The first-order valence-corrected chi connectivity index (χ1v) is 8.46. The number of carbonyl (C=O) groups is 1. The van der Waals surface area contributed by atoms with Crippen LogP contribution in [0.1, 0.15) is 31.0 Å². The number of nitrogens with zero attached hydrogens (tertiary/aromatic N) is 2. The Morgan fingerprint density at radius 3 is 2.42 bits per heavy atom. The summed E-state index contributed by atoms with van der Waals surface area (Å²) < 4.78 is 14.7. The van der Waals surface area contributed by atoms with Gasteiger partial charge in [0.05, 0.1) is 12.2 Å². The molecule has 2 N–H and O–H groups in total. The Morgan fingerprint density at radius 1 is 1.08 bits per heavy atom. The number of urea groups is 1. The minimum atomic E-state index is -0.402. The smallest absolute Gasteiger partial charge is 0.308 e. The number of rotatable bonds is 5. The normalized spacial score (nSPS) is 10.8. The molecular formula is C20H21FN4O. The van der Waals surface area contributed by atoms with E-state index in [1.165, 1.54) is 24.3 Å². The Labute approximate surface area is 151 Å². The number of carbonyl (C=O) groups excluding carboxylic acids is 1. The molecule has 0 aliphatic carbocycles. The van der Waals surface area contributed by atoms with E-state index in [9.17, 15) is 9.18 Å². The average molecular weight is 352 g/mol. The number of aromatic nitrogens is 2. The SMILES string of the molecule is CC(C)c1cc(NC(=O)Nc2ccc(F)cc2)n(Cc2ccccc2)n1. The van der Waals surface area contributed by atoms with E-state index < -0.39 is 6.03 Å². The standard InChI is InChI=1S/C20H21FN4O/c1-14(2)18-12-19(25(24-18)13-15-6-4-3-5-7-15)23-20(26)22-17-10-8-16(21)9-11-17/h3-12,14H,13H2,1-2H3,(H2,22,23,26). The summed E-state index contributed by atoms with van der Waals surface area (Å²) in [5.74, 6) is 0.503. The molecule has 0 aliphatic heterocycles. The second kappa shape index (κ2) is 7.82. The van der Waals surface area contributed by atoms with E-state index in [4.69, 9.17) is 0 Å². The van der Waals surface area contributed by atoms with Crippen molar-refractivity contribution in [3.8, 4) is 0 Å². The Hall–Kier alpha value is -3.15. The van der Waals surface area contributed by atoms with Crippen molar-refractivity contribution >= 4 is 17.5 Å². The lowest BCUT2D eigenvalue weighted by Crippen LogP contribution is -2.21. The number of nitrogens with one attached hydrogen (secondary N) is 2. The van der Waals surface area contributed by atoms with Crippen LogP contribution in [0.15, 0.2) is 60.7 Å². The molecule has 1 heterocycles. The summed E-state index contributed by atoms with van der Waals surface area (Å²) in [5, 5.41) is 10.1. The fraction of sp³-hybridized carbons (Fsp3) is 0.200. The number of hydrogen-bond donors (Lipinski definition) is 2. The molecule has 5 nitrogen and oxygen atoms in total.